The number of nitrogens with zero attached hydrogens (tertiary/aromatic N) is 8. The van der Waals surface area contributed by atoms with Crippen molar-refractivity contribution in [3.05, 3.63) is 324 Å². The Balaban J connectivity index is 0.985. The van der Waals surface area contributed by atoms with Crippen molar-refractivity contribution >= 4 is 88.2 Å². The molecule has 5 aromatic heterocycles. The van der Waals surface area contributed by atoms with Crippen LogP contribution in [-0.2, 0) is 21.7 Å². The standard InChI is InChI=1S/C98H82N8/c1-95(2,3)66-38-46-79-73(54-66)74-55-67(96(4,5)6)39-47-80(74)103(79)88-58-72(64-35-43-77-85(52-64)105-84-50-62(59-26-18-14-19-27-59)34-42-71(84)89(93(105)100-77)61-30-22-16-23-31-61)92(104-81-48-40-68(97(7,8)9)56-75(81)76-57-69(98(10,11)12)41-49-82(76)104)91(99-13)90(88)65-36-44-78-86(53-65)106-87-51-63(60-28-20-15-21-29-60)37-45-83(87)102(94(106)101-78)70-32-24-17-25-33-70/h14-58,89H,1-12H3. The van der Waals surface area contributed by atoms with Gasteiger partial charge in [-0.1, -0.05) is 247 Å². The largest absolute Gasteiger partial charge is 0.318 e. The molecule has 1 aliphatic rings. The summed E-state index contributed by atoms with van der Waals surface area (Å²) >= 11 is 0. The summed E-state index contributed by atoms with van der Waals surface area (Å²) in [5, 5.41) is 4.61. The molecule has 0 saturated heterocycles. The smallest absolute Gasteiger partial charge is 0.220 e. The number of para-hydroxylation sites is 1. The fourth-order valence-corrected chi connectivity index (χ4v) is 16.9. The Labute approximate surface area is 618 Å². The summed E-state index contributed by atoms with van der Waals surface area (Å²) in [5.74, 6) is 1.67. The van der Waals surface area contributed by atoms with Gasteiger partial charge >= 0.3 is 0 Å². The van der Waals surface area contributed by atoms with Gasteiger partial charge in [0.1, 0.15) is 5.82 Å². The molecule has 1 atom stereocenters. The van der Waals surface area contributed by atoms with Gasteiger partial charge in [-0.3, -0.25) is 13.5 Å². The third kappa shape index (κ3) is 10.1. The molecule has 106 heavy (non-hydrogen) atoms. The molecule has 514 valence electrons. The minimum atomic E-state index is -0.148. The van der Waals surface area contributed by atoms with Gasteiger partial charge in [-0.25, -0.2) is 14.8 Å². The highest BCUT2D eigenvalue weighted by Gasteiger charge is 2.36. The lowest BCUT2D eigenvalue weighted by atomic mass is 9.85. The van der Waals surface area contributed by atoms with Crippen LogP contribution in [0.3, 0.4) is 0 Å². The summed E-state index contributed by atoms with van der Waals surface area (Å²) in [5.41, 5.74) is 29.2. The van der Waals surface area contributed by atoms with Crippen molar-refractivity contribution < 1.29 is 0 Å². The maximum atomic E-state index is 10.4. The van der Waals surface area contributed by atoms with Crippen LogP contribution in [-0.4, -0.2) is 32.6 Å². The minimum Gasteiger partial charge on any atom is -0.318 e. The first kappa shape index (κ1) is 64.5. The third-order valence-corrected chi connectivity index (χ3v) is 22.6. The molecule has 8 heteroatoms. The van der Waals surface area contributed by atoms with Crippen LogP contribution in [0.2, 0.25) is 0 Å². The predicted octanol–water partition coefficient (Wildman–Crippen LogP) is 25.9. The molecule has 6 heterocycles. The number of aromatic nitrogens is 7. The Morgan fingerprint density at radius 3 is 1.30 bits per heavy atom. The van der Waals surface area contributed by atoms with E-state index in [1.54, 1.807) is 0 Å². The van der Waals surface area contributed by atoms with Gasteiger partial charge in [-0.2, -0.15) is 0 Å². The first-order valence-electron chi connectivity index (χ1n) is 37.2. The lowest BCUT2D eigenvalue weighted by molar-refractivity contribution is 0.590. The zero-order valence-electron chi connectivity index (χ0n) is 62.1. The number of hydrogen-bond donors (Lipinski definition) is 0. The van der Waals surface area contributed by atoms with Crippen LogP contribution >= 0.6 is 0 Å². The van der Waals surface area contributed by atoms with Crippen LogP contribution in [0.15, 0.2) is 273 Å². The molecule has 0 saturated carbocycles. The average molecular weight is 1370 g/mol. The van der Waals surface area contributed by atoms with Gasteiger partial charge in [-0.15, -0.1) is 0 Å². The molecule has 0 bridgehead atoms. The predicted molar refractivity (Wildman–Crippen MR) is 443 cm³/mol. The van der Waals surface area contributed by atoms with Crippen LogP contribution in [0.5, 0.6) is 0 Å². The monoisotopic (exact) mass is 1370 g/mol. The lowest BCUT2D eigenvalue weighted by Crippen LogP contribution is -2.10. The molecule has 0 aliphatic carbocycles. The van der Waals surface area contributed by atoms with Gasteiger partial charge in [0.2, 0.25) is 11.5 Å². The second kappa shape index (κ2) is 23.3. The molecular formula is C98H82N8. The molecule has 0 radical (unpaired) electrons. The Morgan fingerprint density at radius 1 is 0.330 bits per heavy atom. The number of hydrogen-bond acceptors (Lipinski definition) is 2. The molecule has 0 spiro atoms. The van der Waals surface area contributed by atoms with Crippen LogP contribution < -0.4 is 0 Å². The van der Waals surface area contributed by atoms with Crippen molar-refractivity contribution in [2.75, 3.05) is 0 Å². The minimum absolute atomic E-state index is 0.108. The first-order valence-corrected chi connectivity index (χ1v) is 37.2. The topological polar surface area (TPSA) is 54.3 Å². The van der Waals surface area contributed by atoms with Gasteiger partial charge in [0, 0.05) is 38.5 Å². The maximum Gasteiger partial charge on any atom is 0.220 e. The van der Waals surface area contributed by atoms with Crippen LogP contribution in [0.4, 0.5) is 5.69 Å². The van der Waals surface area contributed by atoms with E-state index in [0.717, 1.165) is 156 Å². The molecule has 1 aliphatic heterocycles. The number of imidazole rings is 3. The van der Waals surface area contributed by atoms with E-state index in [4.69, 9.17) is 14.8 Å². The van der Waals surface area contributed by atoms with Crippen LogP contribution in [0, 0.1) is 6.57 Å². The van der Waals surface area contributed by atoms with Crippen LogP contribution in [0.25, 0.3) is 155 Å². The van der Waals surface area contributed by atoms with E-state index >= 15 is 0 Å². The van der Waals surface area contributed by atoms with E-state index in [9.17, 15) is 6.57 Å². The molecule has 13 aromatic carbocycles. The Bertz CT molecular complexity index is 6570. The summed E-state index contributed by atoms with van der Waals surface area (Å²) < 4.78 is 12.0. The van der Waals surface area contributed by atoms with Crippen molar-refractivity contribution in [2.45, 2.75) is 111 Å². The normalized spacial score (nSPS) is 13.6. The van der Waals surface area contributed by atoms with Crippen molar-refractivity contribution in [1.82, 2.24) is 32.6 Å². The highest BCUT2D eigenvalue weighted by Crippen LogP contribution is 2.54. The second-order valence-electron chi connectivity index (χ2n) is 33.4. The van der Waals surface area contributed by atoms with Crippen molar-refractivity contribution in [1.29, 1.82) is 0 Å². The fraction of sp³-hybridized carbons (Fsp3) is 0.173. The third-order valence-electron chi connectivity index (χ3n) is 22.6. The number of rotatable bonds is 8. The van der Waals surface area contributed by atoms with Gasteiger partial charge in [-0.05, 0) is 203 Å². The van der Waals surface area contributed by atoms with E-state index in [1.807, 2.05) is 0 Å². The second-order valence-corrected chi connectivity index (χ2v) is 33.4. The lowest BCUT2D eigenvalue weighted by Gasteiger charge is -2.24. The van der Waals surface area contributed by atoms with E-state index in [-0.39, 0.29) is 27.6 Å². The van der Waals surface area contributed by atoms with E-state index in [1.165, 1.54) is 33.4 Å². The zero-order chi connectivity index (χ0) is 72.6. The van der Waals surface area contributed by atoms with Gasteiger partial charge < -0.3 is 9.13 Å². The maximum absolute atomic E-state index is 10.4. The van der Waals surface area contributed by atoms with Gasteiger partial charge in [0.05, 0.1) is 79.0 Å². The Hall–Kier alpha value is -12.3. The fourth-order valence-electron chi connectivity index (χ4n) is 16.9. The molecule has 0 N–H and O–H groups in total. The quantitative estimate of drug-likeness (QED) is 0.142. The molecule has 19 rings (SSSR count). The molecular weight excluding hydrogens is 1290 g/mol. The summed E-state index contributed by atoms with van der Waals surface area (Å²) in [4.78, 5) is 16.4. The van der Waals surface area contributed by atoms with E-state index in [2.05, 4.69) is 379 Å². The molecule has 8 nitrogen and oxygen atoms in total. The van der Waals surface area contributed by atoms with Crippen molar-refractivity contribution in [3.8, 4) is 67.3 Å². The molecule has 0 amide bonds. The average Bonchev–Trinajstić information content (AvgIpc) is 1.46. The number of benzene rings is 13. The summed E-state index contributed by atoms with van der Waals surface area (Å²) in [6.07, 6.45) is 0. The first-order chi connectivity index (χ1) is 51.0. The van der Waals surface area contributed by atoms with E-state index < -0.39 is 0 Å². The molecule has 0 fully saturated rings. The summed E-state index contributed by atoms with van der Waals surface area (Å²) in [6, 6.07) is 101. The van der Waals surface area contributed by atoms with E-state index in [0.29, 0.717) is 5.69 Å². The Kier molecular flexibility index (Phi) is 14.2. The molecule has 18 aromatic rings. The Morgan fingerprint density at radius 2 is 0.774 bits per heavy atom. The highest BCUT2D eigenvalue weighted by molar-refractivity contribution is 6.15. The number of fused-ring (bicyclic) bond motifs is 16. The van der Waals surface area contributed by atoms with Crippen molar-refractivity contribution in [2.24, 2.45) is 0 Å². The summed E-state index contributed by atoms with van der Waals surface area (Å²) in [6.45, 7) is 38.0. The SMILES string of the molecule is [C-]#[N+]c1c(-c2ccc3nc4n(-c5ccccc5)c5ccc(-c6ccccc6)cc5n4c3c2)c(-n2c3ccc(C(C)(C)C)cc3c3cc(C(C)(C)C)ccc32)cc(-c2ccc3nc4n(c3c2)-c2cc(-c3ccccc3)ccc2C4c2ccccc2)c1-n1c2ccc(C(C)(C)C)cc2c2cc(C(C)(C)C)ccc21. The summed E-state index contributed by atoms with van der Waals surface area (Å²) in [7, 11) is 0. The highest BCUT2D eigenvalue weighted by atomic mass is 15.2. The molecule has 1 unspecified atom stereocenters. The van der Waals surface area contributed by atoms with Crippen molar-refractivity contribution in [3.63, 3.8) is 0 Å². The van der Waals surface area contributed by atoms with Gasteiger partial charge in [0.25, 0.3) is 0 Å². The van der Waals surface area contributed by atoms with Crippen LogP contribution in [0.1, 0.15) is 128 Å². The van der Waals surface area contributed by atoms with Gasteiger partial charge in [0.15, 0.2) is 0 Å². The zero-order valence-corrected chi connectivity index (χ0v) is 62.1.